The van der Waals surface area contributed by atoms with Gasteiger partial charge in [0.15, 0.2) is 0 Å². The van der Waals surface area contributed by atoms with E-state index in [-0.39, 0.29) is 31.7 Å². The molecule has 0 aromatic rings. The van der Waals surface area contributed by atoms with E-state index in [0.717, 1.165) is 0 Å². The highest BCUT2D eigenvalue weighted by Gasteiger charge is 2.36. The molecule has 73 heavy (non-hydrogen) atoms. The molecule has 0 aromatic carbocycles. The molecule has 0 unspecified atom stereocenters. The van der Waals surface area contributed by atoms with Gasteiger partial charge < -0.3 is 80.8 Å². The maximum absolute atomic E-state index is 13.9. The first-order chi connectivity index (χ1) is 34.1. The van der Waals surface area contributed by atoms with Crippen LogP contribution in [-0.2, 0) is 57.5 Å². The zero-order chi connectivity index (χ0) is 56.1. The normalized spacial score (nSPS) is 14.9. The third kappa shape index (κ3) is 26.9. The summed E-state index contributed by atoms with van der Waals surface area (Å²) < 4.78 is 0. The van der Waals surface area contributed by atoms with Crippen LogP contribution in [0.4, 0.5) is 0 Å². The van der Waals surface area contributed by atoms with Crippen molar-refractivity contribution in [2.75, 3.05) is 18.8 Å². The van der Waals surface area contributed by atoms with Gasteiger partial charge in [-0.05, 0) is 82.2 Å². The molecule has 28 heteroatoms. The van der Waals surface area contributed by atoms with Crippen molar-refractivity contribution in [1.82, 2.24) is 42.5 Å². The van der Waals surface area contributed by atoms with E-state index in [9.17, 15) is 72.9 Å². The van der Waals surface area contributed by atoms with Gasteiger partial charge in [-0.2, -0.15) is 12.6 Å². The second kappa shape index (κ2) is 35.1. The number of carboxylic acid groups (broad SMARTS) is 3. The first-order valence-electron chi connectivity index (χ1n) is 24.2. The lowest BCUT2D eigenvalue weighted by molar-refractivity contribution is -0.144. The summed E-state index contributed by atoms with van der Waals surface area (Å²) in [5.74, 6) is -14.7. The van der Waals surface area contributed by atoms with Crippen molar-refractivity contribution >= 4 is 83.7 Å². The molecule has 0 saturated heterocycles. The number of carbonyl (C=O) groups excluding carboxylic acids is 9. The lowest BCUT2D eigenvalue weighted by Gasteiger charge is -2.28. The van der Waals surface area contributed by atoms with Crippen LogP contribution >= 0.6 is 12.6 Å². The van der Waals surface area contributed by atoms with Crippen molar-refractivity contribution in [3.8, 4) is 0 Å². The lowest BCUT2D eigenvalue weighted by atomic mass is 9.99. The summed E-state index contributed by atoms with van der Waals surface area (Å²) in [6.07, 6.45) is -1.15. The summed E-state index contributed by atoms with van der Waals surface area (Å²) in [5, 5.41) is 47.9. The lowest BCUT2D eigenvalue weighted by Crippen LogP contribution is -2.61. The molecule has 0 bridgehead atoms. The molecule has 9 atom stereocenters. The smallest absolute Gasteiger partial charge is 0.326 e. The molecule has 0 spiro atoms. The summed E-state index contributed by atoms with van der Waals surface area (Å²) in [4.78, 5) is 156. The number of amides is 9. The Labute approximate surface area is 430 Å². The molecule has 27 nitrogen and oxygen atoms in total. The molecule has 0 aromatic heterocycles. The number of aliphatic carboxylic acids is 3. The van der Waals surface area contributed by atoms with Gasteiger partial charge in [-0.3, -0.25) is 52.7 Å². The van der Waals surface area contributed by atoms with Gasteiger partial charge in [-0.25, -0.2) is 4.79 Å². The molecule has 0 aliphatic rings. The van der Waals surface area contributed by atoms with E-state index in [2.05, 4.69) is 55.2 Å². The third-order valence-electron chi connectivity index (χ3n) is 11.1. The monoisotopic (exact) mass is 1060 g/mol. The van der Waals surface area contributed by atoms with E-state index in [1.165, 1.54) is 13.8 Å². The number of unbranched alkanes of at least 4 members (excludes halogenated alkanes) is 2. The molecule has 0 rings (SSSR count). The number of hydrogen-bond acceptors (Lipinski definition) is 16. The van der Waals surface area contributed by atoms with Crippen LogP contribution in [0.1, 0.15) is 119 Å². The van der Waals surface area contributed by atoms with Crippen LogP contribution in [0.3, 0.4) is 0 Å². The quantitative estimate of drug-likeness (QED) is 0.0210. The van der Waals surface area contributed by atoms with E-state index < -0.39 is 175 Å². The molecule has 0 heterocycles. The molecule has 0 aliphatic carbocycles. The van der Waals surface area contributed by atoms with Crippen molar-refractivity contribution in [3.05, 3.63) is 0 Å². The molecule has 416 valence electrons. The largest absolute Gasteiger partial charge is 0.481 e. The van der Waals surface area contributed by atoms with Gasteiger partial charge in [0.2, 0.25) is 53.2 Å². The van der Waals surface area contributed by atoms with Gasteiger partial charge in [0.05, 0.1) is 12.5 Å². The topological polar surface area (TPSA) is 466 Å². The molecular weight excluding hydrogens is 981 g/mol. The Morgan fingerprint density at radius 1 is 0.452 bits per heavy atom. The zero-order valence-electron chi connectivity index (χ0n) is 42.5. The van der Waals surface area contributed by atoms with E-state index in [1.807, 2.05) is 0 Å². The number of carboxylic acids is 3. The van der Waals surface area contributed by atoms with Crippen molar-refractivity contribution < 1.29 is 72.9 Å². The van der Waals surface area contributed by atoms with Crippen LogP contribution in [0.2, 0.25) is 0 Å². The number of nitrogens with one attached hydrogen (secondary N) is 8. The standard InChI is InChI=1S/C45H80N12O15S/c1-22(2)19-29(54-44(70)35(23(3)4)56-37(63)25(48)11-7-9-17-46)41(67)53-30(20-34(61)62)42(68)50-26(12-8-10-18-47)38(64)55-31(21-73)43(69)52-27(13-15-32(49)58)39(65)51-28(14-16-33(59)60)40(66)57-36(24(5)6)45(71)72/h22-31,35-36,73H,7-21,46-48H2,1-6H3,(H2,49,58)(H,50,68)(H,51,65)(H,52,69)(H,53,67)(H,54,70)(H,55,64)(H,56,63)(H,57,66)(H,59,60)(H,61,62)(H,71,72)/t25-,26-,27-,28-,29-,30-,31-,35-,36-/m0/s1. The Hall–Kier alpha value is -6.13. The number of hydrogen-bond donors (Lipinski definition) is 16. The Balaban J connectivity index is 6.58. The van der Waals surface area contributed by atoms with E-state index in [4.69, 9.17) is 22.9 Å². The third-order valence-corrected chi connectivity index (χ3v) is 11.5. The van der Waals surface area contributed by atoms with Crippen molar-refractivity contribution in [2.45, 2.75) is 173 Å². The Morgan fingerprint density at radius 2 is 0.849 bits per heavy atom. The minimum atomic E-state index is -1.83. The molecule has 0 radical (unpaired) electrons. The van der Waals surface area contributed by atoms with Crippen LogP contribution < -0.4 is 65.5 Å². The van der Waals surface area contributed by atoms with Gasteiger partial charge in [0.1, 0.15) is 48.3 Å². The molecule has 19 N–H and O–H groups in total. The Morgan fingerprint density at radius 3 is 1.29 bits per heavy atom. The van der Waals surface area contributed by atoms with Gasteiger partial charge in [-0.1, -0.05) is 48.0 Å². The first-order valence-corrected chi connectivity index (χ1v) is 24.9. The molecule has 0 fully saturated rings. The minimum absolute atomic E-state index is 0.00480. The second-order valence-electron chi connectivity index (χ2n) is 18.7. The predicted octanol–water partition coefficient (Wildman–Crippen LogP) is -3.57. The van der Waals surface area contributed by atoms with Crippen molar-refractivity contribution in [1.29, 1.82) is 0 Å². The Bertz CT molecular complexity index is 1890. The van der Waals surface area contributed by atoms with Crippen molar-refractivity contribution in [2.24, 2.45) is 40.7 Å². The van der Waals surface area contributed by atoms with Crippen LogP contribution in [0, 0.1) is 17.8 Å². The van der Waals surface area contributed by atoms with Gasteiger partial charge in [0.25, 0.3) is 0 Å². The molecule has 9 amide bonds. The SMILES string of the molecule is CC(C)C[C@H](NC(=O)[C@@H](NC(=O)[C@@H](N)CCCCN)C(C)C)C(=O)N[C@@H](CC(=O)O)C(=O)N[C@@H](CCCCN)C(=O)N[C@@H](CS)C(=O)N[C@@H](CCC(N)=O)C(=O)N[C@@H](CCC(=O)O)C(=O)N[C@H](C(=O)O)C(C)C. The average molecular weight is 1060 g/mol. The number of rotatable bonds is 38. The van der Waals surface area contributed by atoms with Gasteiger partial charge in [-0.15, -0.1) is 0 Å². The summed E-state index contributed by atoms with van der Waals surface area (Å²) in [6.45, 7) is 10.4. The summed E-state index contributed by atoms with van der Waals surface area (Å²) in [6, 6.07) is -13.1. The second-order valence-corrected chi connectivity index (χ2v) is 19.1. The fraction of sp³-hybridized carbons (Fsp3) is 0.733. The average Bonchev–Trinajstić information content (AvgIpc) is 3.29. The highest BCUT2D eigenvalue weighted by Crippen LogP contribution is 2.12. The summed E-state index contributed by atoms with van der Waals surface area (Å²) >= 11 is 4.16. The fourth-order valence-corrected chi connectivity index (χ4v) is 7.22. The molecule has 0 aliphatic heterocycles. The summed E-state index contributed by atoms with van der Waals surface area (Å²) in [5.41, 5.74) is 22.5. The Kier molecular flexibility index (Phi) is 32.1. The predicted molar refractivity (Wildman–Crippen MR) is 267 cm³/mol. The maximum atomic E-state index is 13.9. The molecular formula is C45H80N12O15S. The van der Waals surface area contributed by atoms with Crippen LogP contribution in [0.5, 0.6) is 0 Å². The highest BCUT2D eigenvalue weighted by molar-refractivity contribution is 7.80. The van der Waals surface area contributed by atoms with E-state index in [1.54, 1.807) is 27.7 Å². The number of thiol groups is 1. The molecule has 0 saturated carbocycles. The number of nitrogens with two attached hydrogens (primary N) is 4. The first kappa shape index (κ1) is 66.9. The maximum Gasteiger partial charge on any atom is 0.326 e. The summed E-state index contributed by atoms with van der Waals surface area (Å²) in [7, 11) is 0. The van der Waals surface area contributed by atoms with Crippen LogP contribution in [0.15, 0.2) is 0 Å². The number of primary amides is 1. The number of carbonyl (C=O) groups is 12. The van der Waals surface area contributed by atoms with Crippen molar-refractivity contribution in [3.63, 3.8) is 0 Å². The van der Waals surface area contributed by atoms with Crippen LogP contribution in [-0.4, -0.2) is 160 Å². The van der Waals surface area contributed by atoms with E-state index >= 15 is 0 Å². The van der Waals surface area contributed by atoms with Crippen LogP contribution in [0.25, 0.3) is 0 Å². The fourth-order valence-electron chi connectivity index (χ4n) is 6.96. The van der Waals surface area contributed by atoms with Gasteiger partial charge >= 0.3 is 17.9 Å². The van der Waals surface area contributed by atoms with E-state index in [0.29, 0.717) is 32.2 Å². The minimum Gasteiger partial charge on any atom is -0.481 e. The highest BCUT2D eigenvalue weighted by atomic mass is 32.1. The van der Waals surface area contributed by atoms with Gasteiger partial charge in [0, 0.05) is 18.6 Å². The zero-order valence-corrected chi connectivity index (χ0v) is 43.4.